The van der Waals surface area contributed by atoms with E-state index in [2.05, 4.69) is 4.99 Å². The largest absolute Gasteiger partial charge is 0.380 e. The molecule has 0 aliphatic heterocycles. The lowest BCUT2D eigenvalue weighted by molar-refractivity contribution is 0.113. The van der Waals surface area contributed by atoms with Crippen LogP contribution in [-0.2, 0) is 5.60 Å². The highest BCUT2D eigenvalue weighted by atomic mass is 32.2. The van der Waals surface area contributed by atoms with E-state index in [9.17, 15) is 13.9 Å². The smallest absolute Gasteiger partial charge is 0.288 e. The Bertz CT molecular complexity index is 1030. The Morgan fingerprint density at radius 1 is 0.862 bits per heavy atom. The van der Waals surface area contributed by atoms with E-state index < -0.39 is 11.4 Å². The van der Waals surface area contributed by atoms with Crippen LogP contribution in [0.3, 0.4) is 0 Å². The number of rotatable bonds is 5. The molecule has 0 spiro atoms. The van der Waals surface area contributed by atoms with Crippen LogP contribution in [-0.4, -0.2) is 16.6 Å². The van der Waals surface area contributed by atoms with Gasteiger partial charge in [-0.15, -0.1) is 0 Å². The average molecular weight is 407 g/mol. The van der Waals surface area contributed by atoms with Gasteiger partial charge in [-0.25, -0.2) is 0 Å². The van der Waals surface area contributed by atoms with Gasteiger partial charge in [-0.3, -0.25) is 4.99 Å². The van der Waals surface area contributed by atoms with Crippen LogP contribution < -0.4 is 0 Å². The molecule has 3 aromatic rings. The monoisotopic (exact) mass is 407 g/mol. The standard InChI is InChI=1S/C24H19F2NOS/c25-23(26)29-21-13-11-19(12-14-21)27-20-15-22(17-7-3-1-4-8-17)24(28,16-20)18-9-5-2-6-10-18/h1-15,23,28H,16H2. The second-order valence-corrected chi connectivity index (χ2v) is 7.87. The number of thioether (sulfide) groups is 1. The average Bonchev–Trinajstić information content (AvgIpc) is 3.08. The fourth-order valence-electron chi connectivity index (χ4n) is 3.55. The maximum atomic E-state index is 12.5. The summed E-state index contributed by atoms with van der Waals surface area (Å²) in [6, 6.07) is 26.0. The Labute approximate surface area is 172 Å². The number of nitrogens with zero attached hydrogens (tertiary/aromatic N) is 1. The summed E-state index contributed by atoms with van der Waals surface area (Å²) in [6.45, 7) is 0. The van der Waals surface area contributed by atoms with Gasteiger partial charge in [0, 0.05) is 17.0 Å². The number of alkyl halides is 2. The number of hydrogen-bond acceptors (Lipinski definition) is 3. The van der Waals surface area contributed by atoms with E-state index in [4.69, 9.17) is 0 Å². The molecule has 0 amide bonds. The zero-order chi connectivity index (χ0) is 20.3. The third-order valence-electron chi connectivity index (χ3n) is 4.86. The van der Waals surface area contributed by atoms with Crippen molar-refractivity contribution in [2.45, 2.75) is 22.7 Å². The van der Waals surface area contributed by atoms with Crippen LogP contribution in [0.2, 0.25) is 0 Å². The Morgan fingerprint density at radius 3 is 2.10 bits per heavy atom. The van der Waals surface area contributed by atoms with Crippen molar-refractivity contribution in [3.8, 4) is 0 Å². The molecule has 0 fully saturated rings. The normalized spacial score (nSPS) is 20.3. The summed E-state index contributed by atoms with van der Waals surface area (Å²) in [7, 11) is 0. The maximum Gasteiger partial charge on any atom is 0.288 e. The molecule has 1 atom stereocenters. The Hall–Kier alpha value is -2.76. The quantitative estimate of drug-likeness (QED) is 0.493. The number of benzene rings is 3. The molecule has 0 aromatic heterocycles. The SMILES string of the molecule is OC1(c2ccccc2)CC(=Nc2ccc(SC(F)F)cc2)C=C1c1ccccc1. The van der Waals surface area contributed by atoms with Gasteiger partial charge in [0.1, 0.15) is 5.60 Å². The second kappa shape index (κ2) is 8.31. The summed E-state index contributed by atoms with van der Waals surface area (Å²) < 4.78 is 25.0. The molecule has 0 saturated carbocycles. The molecule has 146 valence electrons. The van der Waals surface area contributed by atoms with Crippen LogP contribution in [0.15, 0.2) is 101 Å². The summed E-state index contributed by atoms with van der Waals surface area (Å²) >= 11 is 0.511. The summed E-state index contributed by atoms with van der Waals surface area (Å²) in [5.74, 6) is -2.45. The van der Waals surface area contributed by atoms with Crippen molar-refractivity contribution in [3.63, 3.8) is 0 Å². The van der Waals surface area contributed by atoms with Gasteiger partial charge in [0.2, 0.25) is 0 Å². The first-order valence-electron chi connectivity index (χ1n) is 9.22. The minimum atomic E-state index is -2.45. The van der Waals surface area contributed by atoms with Gasteiger partial charge in [-0.05, 0) is 47.0 Å². The lowest BCUT2D eigenvalue weighted by Crippen LogP contribution is -2.25. The van der Waals surface area contributed by atoms with E-state index in [1.165, 1.54) is 0 Å². The van der Waals surface area contributed by atoms with Crippen molar-refractivity contribution in [3.05, 3.63) is 102 Å². The van der Waals surface area contributed by atoms with Crippen molar-refractivity contribution in [1.82, 2.24) is 0 Å². The Balaban J connectivity index is 1.70. The molecule has 1 aliphatic rings. The molecule has 1 unspecified atom stereocenters. The highest BCUT2D eigenvalue weighted by Gasteiger charge is 2.40. The second-order valence-electron chi connectivity index (χ2n) is 6.80. The molecule has 1 aliphatic carbocycles. The fraction of sp³-hybridized carbons (Fsp3) is 0.125. The zero-order valence-electron chi connectivity index (χ0n) is 15.5. The van der Waals surface area contributed by atoms with Crippen LogP contribution in [0.1, 0.15) is 17.5 Å². The van der Waals surface area contributed by atoms with Crippen molar-refractivity contribution in [2.24, 2.45) is 4.99 Å². The van der Waals surface area contributed by atoms with Crippen LogP contribution >= 0.6 is 11.8 Å². The molecule has 2 nitrogen and oxygen atoms in total. The molecular formula is C24H19F2NOS. The van der Waals surface area contributed by atoms with Gasteiger partial charge >= 0.3 is 0 Å². The lowest BCUT2D eigenvalue weighted by atomic mass is 9.84. The molecule has 1 N–H and O–H groups in total. The summed E-state index contributed by atoms with van der Waals surface area (Å²) in [4.78, 5) is 5.16. The molecule has 4 rings (SSSR count). The topological polar surface area (TPSA) is 32.6 Å². The maximum absolute atomic E-state index is 12.5. The van der Waals surface area contributed by atoms with Crippen molar-refractivity contribution in [2.75, 3.05) is 0 Å². The molecule has 0 radical (unpaired) electrons. The Morgan fingerprint density at radius 2 is 1.48 bits per heavy atom. The van der Waals surface area contributed by atoms with E-state index >= 15 is 0 Å². The van der Waals surface area contributed by atoms with Crippen LogP contribution in [0.5, 0.6) is 0 Å². The molecule has 0 bridgehead atoms. The van der Waals surface area contributed by atoms with Gasteiger partial charge in [-0.2, -0.15) is 8.78 Å². The Kier molecular flexibility index (Phi) is 5.60. The molecule has 29 heavy (non-hydrogen) atoms. The lowest BCUT2D eigenvalue weighted by Gasteiger charge is -2.27. The van der Waals surface area contributed by atoms with Gasteiger partial charge in [0.15, 0.2) is 0 Å². The molecule has 0 heterocycles. The van der Waals surface area contributed by atoms with Crippen LogP contribution in [0.25, 0.3) is 5.57 Å². The highest BCUT2D eigenvalue weighted by molar-refractivity contribution is 7.99. The van der Waals surface area contributed by atoms with Crippen LogP contribution in [0, 0.1) is 0 Å². The van der Waals surface area contributed by atoms with Gasteiger partial charge in [0.05, 0.1) is 5.69 Å². The van der Waals surface area contributed by atoms with Crippen LogP contribution in [0.4, 0.5) is 14.5 Å². The number of hydrogen-bond donors (Lipinski definition) is 1. The highest BCUT2D eigenvalue weighted by Crippen LogP contribution is 2.44. The minimum absolute atomic E-state index is 0.342. The number of allylic oxidation sites excluding steroid dienone is 1. The number of halogens is 2. The third-order valence-corrected chi connectivity index (χ3v) is 5.59. The predicted octanol–water partition coefficient (Wildman–Crippen LogP) is 6.45. The van der Waals surface area contributed by atoms with E-state index in [-0.39, 0.29) is 0 Å². The summed E-state index contributed by atoms with van der Waals surface area (Å²) in [5, 5.41) is 11.6. The van der Waals surface area contributed by atoms with E-state index in [0.717, 1.165) is 22.4 Å². The predicted molar refractivity (Wildman–Crippen MR) is 115 cm³/mol. The molecule has 0 saturated heterocycles. The van der Waals surface area contributed by atoms with Gasteiger partial charge < -0.3 is 5.11 Å². The number of aliphatic imine (C=N–C) groups is 1. The fourth-order valence-corrected chi connectivity index (χ4v) is 4.04. The number of aliphatic hydroxyl groups is 1. The molecule has 5 heteroatoms. The van der Waals surface area contributed by atoms with Gasteiger partial charge in [-0.1, -0.05) is 72.4 Å². The first kappa shape index (κ1) is 19.6. The minimum Gasteiger partial charge on any atom is -0.380 e. The van der Waals surface area contributed by atoms with E-state index in [1.54, 1.807) is 24.3 Å². The third kappa shape index (κ3) is 4.31. The van der Waals surface area contributed by atoms with E-state index in [0.29, 0.717) is 28.8 Å². The van der Waals surface area contributed by atoms with Gasteiger partial charge in [0.25, 0.3) is 5.76 Å². The van der Waals surface area contributed by atoms with Crippen molar-refractivity contribution >= 4 is 28.7 Å². The zero-order valence-corrected chi connectivity index (χ0v) is 16.3. The van der Waals surface area contributed by atoms with Crippen molar-refractivity contribution in [1.29, 1.82) is 0 Å². The first-order valence-corrected chi connectivity index (χ1v) is 10.1. The summed E-state index contributed by atoms with van der Waals surface area (Å²) in [6.07, 6.45) is 2.26. The van der Waals surface area contributed by atoms with E-state index in [1.807, 2.05) is 66.7 Å². The summed E-state index contributed by atoms with van der Waals surface area (Å²) in [5.41, 5.74) is 2.78. The molecular weight excluding hydrogens is 388 g/mol. The molecule has 3 aromatic carbocycles. The van der Waals surface area contributed by atoms with Crippen molar-refractivity contribution < 1.29 is 13.9 Å². The first-order chi connectivity index (χ1) is 14.0.